The summed E-state index contributed by atoms with van der Waals surface area (Å²) < 4.78 is 5.72. The van der Waals surface area contributed by atoms with E-state index in [-0.39, 0.29) is 6.61 Å². The third-order valence-electron chi connectivity index (χ3n) is 4.03. The Morgan fingerprint density at radius 1 is 1.27 bits per heavy atom. The van der Waals surface area contributed by atoms with Crippen molar-refractivity contribution in [3.8, 4) is 5.75 Å². The van der Waals surface area contributed by atoms with Crippen molar-refractivity contribution in [3.05, 3.63) is 29.3 Å². The third-order valence-corrected chi connectivity index (χ3v) is 4.03. The second-order valence-electron chi connectivity index (χ2n) is 5.96. The van der Waals surface area contributed by atoms with Crippen molar-refractivity contribution in [1.82, 2.24) is 5.32 Å². The Hall–Kier alpha value is -1.14. The first-order chi connectivity index (χ1) is 10.6. The van der Waals surface area contributed by atoms with E-state index in [1.54, 1.807) is 0 Å². The lowest BCUT2D eigenvalue weighted by atomic mass is 9.87. The summed E-state index contributed by atoms with van der Waals surface area (Å²) in [5.74, 6) is 0.691. The van der Waals surface area contributed by atoms with Crippen molar-refractivity contribution in [3.63, 3.8) is 0 Å². The number of hydrogen-bond donors (Lipinski definition) is 4. The number of nitrogens with one attached hydrogen (secondary N) is 1. The molecule has 1 aromatic carbocycles. The number of fused-ring (bicyclic) bond motifs is 1. The highest BCUT2D eigenvalue weighted by Crippen LogP contribution is 2.30. The summed E-state index contributed by atoms with van der Waals surface area (Å²) in [6, 6.07) is 5.67. The van der Waals surface area contributed by atoms with Gasteiger partial charge in [0.15, 0.2) is 0 Å². The number of aliphatic hydroxyl groups excluding tert-OH is 3. The molecule has 2 rings (SSSR count). The fraction of sp³-hybridized carbons (Fsp3) is 0.647. The van der Waals surface area contributed by atoms with Gasteiger partial charge < -0.3 is 25.4 Å². The van der Waals surface area contributed by atoms with Gasteiger partial charge in [0.05, 0.1) is 12.2 Å². The Morgan fingerprint density at radius 3 is 2.82 bits per heavy atom. The lowest BCUT2D eigenvalue weighted by Gasteiger charge is -2.27. The van der Waals surface area contributed by atoms with Gasteiger partial charge in [0.1, 0.15) is 18.5 Å². The van der Waals surface area contributed by atoms with Crippen LogP contribution in [0.2, 0.25) is 0 Å². The molecule has 0 fully saturated rings. The van der Waals surface area contributed by atoms with Gasteiger partial charge in [0.25, 0.3) is 0 Å². The minimum Gasteiger partial charge on any atom is -0.491 e. The third kappa shape index (κ3) is 4.68. The predicted octanol–water partition coefficient (Wildman–Crippen LogP) is 0.636. The summed E-state index contributed by atoms with van der Waals surface area (Å²) in [7, 11) is 0. The highest BCUT2D eigenvalue weighted by atomic mass is 16.5. The molecule has 4 N–H and O–H groups in total. The van der Waals surface area contributed by atoms with Crippen molar-refractivity contribution < 1.29 is 20.1 Å². The number of hydrogen-bond acceptors (Lipinski definition) is 5. The normalized spacial score (nSPS) is 22.2. The molecule has 1 aliphatic carbocycles. The lowest BCUT2D eigenvalue weighted by molar-refractivity contribution is 0.0132. The molecule has 124 valence electrons. The smallest absolute Gasteiger partial charge is 0.123 e. The number of benzene rings is 1. The van der Waals surface area contributed by atoms with Crippen molar-refractivity contribution >= 4 is 0 Å². The maximum atomic E-state index is 9.93. The molecule has 0 aliphatic heterocycles. The molecule has 22 heavy (non-hydrogen) atoms. The Labute approximate surface area is 131 Å². The lowest BCUT2D eigenvalue weighted by Crippen LogP contribution is -2.35. The van der Waals surface area contributed by atoms with Gasteiger partial charge in [-0.05, 0) is 24.6 Å². The minimum absolute atomic E-state index is 0.216. The quantitative estimate of drug-likeness (QED) is 0.530. The maximum absolute atomic E-state index is 9.93. The van der Waals surface area contributed by atoms with Crippen molar-refractivity contribution in [2.45, 2.75) is 50.9 Å². The molecule has 0 radical (unpaired) electrons. The van der Waals surface area contributed by atoms with Gasteiger partial charge in [-0.15, -0.1) is 0 Å². The van der Waals surface area contributed by atoms with Gasteiger partial charge in [0.2, 0.25) is 0 Å². The van der Waals surface area contributed by atoms with E-state index in [2.05, 4.69) is 12.2 Å². The molecule has 1 aliphatic rings. The SMILES string of the molecule is CCCCNC[C@H](O)COc1cccc2c1C[C@H](O)[C@H](O)C2. The van der Waals surface area contributed by atoms with E-state index in [0.29, 0.717) is 25.1 Å². The van der Waals surface area contributed by atoms with Crippen LogP contribution in [0.4, 0.5) is 0 Å². The minimum atomic E-state index is -0.752. The largest absolute Gasteiger partial charge is 0.491 e. The fourth-order valence-corrected chi connectivity index (χ4v) is 2.69. The molecule has 0 aromatic heterocycles. The maximum Gasteiger partial charge on any atom is 0.123 e. The predicted molar refractivity (Wildman–Crippen MR) is 85.1 cm³/mol. The van der Waals surface area contributed by atoms with Crippen LogP contribution in [0.1, 0.15) is 30.9 Å². The number of rotatable bonds is 8. The first kappa shape index (κ1) is 17.2. The molecule has 0 spiro atoms. The molecular weight excluding hydrogens is 282 g/mol. The molecule has 0 unspecified atom stereocenters. The van der Waals surface area contributed by atoms with Crippen LogP contribution in [-0.2, 0) is 12.8 Å². The van der Waals surface area contributed by atoms with Crippen LogP contribution in [0.25, 0.3) is 0 Å². The Balaban J connectivity index is 1.87. The van der Waals surface area contributed by atoms with E-state index in [0.717, 1.165) is 30.5 Å². The van der Waals surface area contributed by atoms with E-state index in [4.69, 9.17) is 4.74 Å². The summed E-state index contributed by atoms with van der Waals surface area (Å²) in [6.45, 7) is 3.76. The molecule has 0 heterocycles. The first-order valence-corrected chi connectivity index (χ1v) is 8.10. The van der Waals surface area contributed by atoms with Crippen molar-refractivity contribution in [2.24, 2.45) is 0 Å². The summed E-state index contributed by atoms with van der Waals surface area (Å²) in [4.78, 5) is 0. The fourth-order valence-electron chi connectivity index (χ4n) is 2.69. The van der Waals surface area contributed by atoms with E-state index < -0.39 is 18.3 Å². The zero-order valence-electron chi connectivity index (χ0n) is 13.2. The van der Waals surface area contributed by atoms with Crippen molar-refractivity contribution in [2.75, 3.05) is 19.7 Å². The molecule has 3 atom stereocenters. The number of aliphatic hydroxyl groups is 3. The highest BCUT2D eigenvalue weighted by Gasteiger charge is 2.27. The van der Waals surface area contributed by atoms with Gasteiger partial charge in [-0.3, -0.25) is 0 Å². The van der Waals surface area contributed by atoms with Crippen LogP contribution in [0.15, 0.2) is 18.2 Å². The summed E-state index contributed by atoms with van der Waals surface area (Å²) in [5.41, 5.74) is 1.94. The van der Waals surface area contributed by atoms with E-state index in [1.165, 1.54) is 0 Å². The van der Waals surface area contributed by atoms with Crippen LogP contribution in [0.5, 0.6) is 5.75 Å². The second kappa shape index (κ2) is 8.48. The van der Waals surface area contributed by atoms with E-state index >= 15 is 0 Å². The second-order valence-corrected chi connectivity index (χ2v) is 5.96. The Bertz CT molecular complexity index is 466. The monoisotopic (exact) mass is 309 g/mol. The van der Waals surface area contributed by atoms with E-state index in [1.807, 2.05) is 18.2 Å². The Kier molecular flexibility index (Phi) is 6.64. The molecule has 0 saturated heterocycles. The summed E-state index contributed by atoms with van der Waals surface area (Å²) >= 11 is 0. The van der Waals surface area contributed by atoms with E-state index in [9.17, 15) is 15.3 Å². The highest BCUT2D eigenvalue weighted by molar-refractivity contribution is 5.43. The van der Waals surface area contributed by atoms with Crippen LogP contribution in [0, 0.1) is 0 Å². The van der Waals surface area contributed by atoms with Crippen LogP contribution in [0.3, 0.4) is 0 Å². The average molecular weight is 309 g/mol. The van der Waals surface area contributed by atoms with Crippen molar-refractivity contribution in [1.29, 1.82) is 0 Å². The Morgan fingerprint density at radius 2 is 2.05 bits per heavy atom. The van der Waals surface area contributed by atoms with Crippen LogP contribution in [-0.4, -0.2) is 53.3 Å². The first-order valence-electron chi connectivity index (χ1n) is 8.10. The molecular formula is C17H27NO4. The zero-order valence-corrected chi connectivity index (χ0v) is 13.2. The molecule has 5 heteroatoms. The molecule has 5 nitrogen and oxygen atoms in total. The summed E-state index contributed by atoms with van der Waals surface area (Å²) in [6.07, 6.45) is 1.02. The zero-order chi connectivity index (χ0) is 15.9. The average Bonchev–Trinajstić information content (AvgIpc) is 2.51. The molecule has 0 amide bonds. The van der Waals surface area contributed by atoms with Crippen LogP contribution >= 0.6 is 0 Å². The van der Waals surface area contributed by atoms with Gasteiger partial charge in [-0.25, -0.2) is 0 Å². The number of unbranched alkanes of at least 4 members (excludes halogenated alkanes) is 1. The molecule has 0 saturated carbocycles. The van der Waals surface area contributed by atoms with Gasteiger partial charge in [-0.1, -0.05) is 25.5 Å². The number of ether oxygens (including phenoxy) is 1. The summed E-state index contributed by atoms with van der Waals surface area (Å²) in [5, 5.41) is 32.7. The van der Waals surface area contributed by atoms with Gasteiger partial charge in [-0.2, -0.15) is 0 Å². The van der Waals surface area contributed by atoms with Gasteiger partial charge in [0, 0.05) is 24.9 Å². The standard InChI is InChI=1S/C17H27NO4/c1-2-3-7-18-10-13(19)11-22-17-6-4-5-12-8-15(20)16(21)9-14(12)17/h4-6,13,15-16,18-21H,2-3,7-11H2,1H3/t13-,15+,16-/m0/s1. The molecule has 1 aromatic rings. The molecule has 0 bridgehead atoms. The topological polar surface area (TPSA) is 82.0 Å². The van der Waals surface area contributed by atoms with Gasteiger partial charge >= 0.3 is 0 Å². The van der Waals surface area contributed by atoms with Crippen LogP contribution < -0.4 is 10.1 Å².